The van der Waals surface area contributed by atoms with E-state index < -0.39 is 0 Å². The first-order valence-corrected chi connectivity index (χ1v) is 4.62. The topological polar surface area (TPSA) is 110 Å². The van der Waals surface area contributed by atoms with Crippen molar-refractivity contribution in [3.05, 3.63) is 22.8 Å². The third-order valence-electron chi connectivity index (χ3n) is 2.06. The molecule has 84 valence electrons. The molecule has 0 spiro atoms. The molecular weight excluding hydrogens is 212 g/mol. The second-order valence-electron chi connectivity index (χ2n) is 3.21. The molecule has 16 heavy (non-hydrogen) atoms. The first-order valence-electron chi connectivity index (χ1n) is 4.62. The Morgan fingerprint density at radius 1 is 1.50 bits per heavy atom. The van der Waals surface area contributed by atoms with E-state index in [-0.39, 0.29) is 12.5 Å². The van der Waals surface area contributed by atoms with Crippen molar-refractivity contribution in [2.75, 3.05) is 0 Å². The van der Waals surface area contributed by atoms with Gasteiger partial charge in [0.15, 0.2) is 5.82 Å². The molecule has 2 N–H and O–H groups in total. The molecular formula is C8H10N6O2. The quantitative estimate of drug-likeness (QED) is 0.740. The Morgan fingerprint density at radius 3 is 2.88 bits per heavy atom. The smallest absolute Gasteiger partial charge is 0.257 e. The van der Waals surface area contributed by atoms with E-state index >= 15 is 0 Å². The second-order valence-corrected chi connectivity index (χ2v) is 3.21. The van der Waals surface area contributed by atoms with Gasteiger partial charge in [-0.3, -0.25) is 4.79 Å². The number of hydrogen-bond acceptors (Lipinski definition) is 6. The Hall–Kier alpha value is -2.25. The van der Waals surface area contributed by atoms with E-state index in [0.717, 1.165) is 0 Å². The number of aryl methyl sites for hydroxylation is 2. The van der Waals surface area contributed by atoms with Gasteiger partial charge in [0.05, 0.1) is 12.2 Å². The summed E-state index contributed by atoms with van der Waals surface area (Å²) in [4.78, 5) is 11.7. The summed E-state index contributed by atoms with van der Waals surface area (Å²) >= 11 is 0. The van der Waals surface area contributed by atoms with E-state index in [1.807, 2.05) is 0 Å². The molecule has 2 aromatic rings. The lowest BCUT2D eigenvalue weighted by atomic mass is 10.2. The van der Waals surface area contributed by atoms with E-state index in [1.165, 1.54) is 0 Å². The van der Waals surface area contributed by atoms with Crippen LogP contribution in [0.5, 0.6) is 0 Å². The van der Waals surface area contributed by atoms with Crippen LogP contribution in [-0.4, -0.2) is 31.7 Å². The van der Waals surface area contributed by atoms with Crippen molar-refractivity contribution in [2.24, 2.45) is 0 Å². The SMILES string of the molecule is Cc1noc(C)c1C(=O)NCc1nn[nH]n1. The van der Waals surface area contributed by atoms with Crippen LogP contribution >= 0.6 is 0 Å². The van der Waals surface area contributed by atoms with Gasteiger partial charge in [0, 0.05) is 0 Å². The molecule has 0 aromatic carbocycles. The largest absolute Gasteiger partial charge is 0.361 e. The fourth-order valence-electron chi connectivity index (χ4n) is 1.31. The van der Waals surface area contributed by atoms with Crippen LogP contribution in [0.2, 0.25) is 0 Å². The fourth-order valence-corrected chi connectivity index (χ4v) is 1.31. The second kappa shape index (κ2) is 4.09. The molecule has 0 fully saturated rings. The highest BCUT2D eigenvalue weighted by Gasteiger charge is 2.17. The Kier molecular flexibility index (Phi) is 2.63. The molecule has 0 saturated carbocycles. The van der Waals surface area contributed by atoms with Crippen molar-refractivity contribution in [1.29, 1.82) is 0 Å². The van der Waals surface area contributed by atoms with Crippen molar-refractivity contribution in [3.63, 3.8) is 0 Å². The summed E-state index contributed by atoms with van der Waals surface area (Å²) in [6, 6.07) is 0. The van der Waals surface area contributed by atoms with Gasteiger partial charge in [-0.25, -0.2) is 0 Å². The number of carbonyl (C=O) groups is 1. The fraction of sp³-hybridized carbons (Fsp3) is 0.375. The van der Waals surface area contributed by atoms with Gasteiger partial charge in [0.25, 0.3) is 5.91 Å². The lowest BCUT2D eigenvalue weighted by Gasteiger charge is -2.00. The predicted octanol–water partition coefficient (Wildman–Crippen LogP) is -0.265. The molecule has 8 heteroatoms. The summed E-state index contributed by atoms with van der Waals surface area (Å²) in [5.74, 6) is 0.643. The van der Waals surface area contributed by atoms with Crippen LogP contribution in [0.4, 0.5) is 0 Å². The zero-order chi connectivity index (χ0) is 11.5. The molecule has 8 nitrogen and oxygen atoms in total. The third kappa shape index (κ3) is 1.90. The maximum absolute atomic E-state index is 11.7. The molecule has 0 aliphatic heterocycles. The third-order valence-corrected chi connectivity index (χ3v) is 2.06. The Bertz CT molecular complexity index is 469. The molecule has 0 unspecified atom stereocenters. The number of nitrogens with one attached hydrogen (secondary N) is 2. The molecule has 0 aliphatic rings. The minimum atomic E-state index is -0.263. The number of H-pyrrole nitrogens is 1. The normalized spacial score (nSPS) is 10.4. The molecule has 2 rings (SSSR count). The molecule has 0 radical (unpaired) electrons. The van der Waals surface area contributed by atoms with Gasteiger partial charge in [0.2, 0.25) is 0 Å². The maximum atomic E-state index is 11.7. The van der Waals surface area contributed by atoms with Gasteiger partial charge in [-0.2, -0.15) is 5.21 Å². The predicted molar refractivity (Wildman–Crippen MR) is 51.3 cm³/mol. The van der Waals surface area contributed by atoms with Crippen LogP contribution in [0.1, 0.15) is 27.6 Å². The molecule has 2 aromatic heterocycles. The van der Waals surface area contributed by atoms with E-state index in [2.05, 4.69) is 31.1 Å². The van der Waals surface area contributed by atoms with Crippen LogP contribution in [0.3, 0.4) is 0 Å². The first-order chi connectivity index (χ1) is 7.68. The van der Waals surface area contributed by atoms with E-state index in [9.17, 15) is 4.79 Å². The van der Waals surface area contributed by atoms with Crippen molar-refractivity contribution >= 4 is 5.91 Å². The van der Waals surface area contributed by atoms with Crippen molar-refractivity contribution in [2.45, 2.75) is 20.4 Å². The van der Waals surface area contributed by atoms with Gasteiger partial charge < -0.3 is 9.84 Å². The number of aromatic nitrogens is 5. The van der Waals surface area contributed by atoms with Crippen LogP contribution in [0, 0.1) is 13.8 Å². The summed E-state index contributed by atoms with van der Waals surface area (Å²) in [5, 5.41) is 19.4. The van der Waals surface area contributed by atoms with E-state index in [1.54, 1.807) is 13.8 Å². The average molecular weight is 222 g/mol. The van der Waals surface area contributed by atoms with Crippen LogP contribution in [0.15, 0.2) is 4.52 Å². The lowest BCUT2D eigenvalue weighted by Crippen LogP contribution is -2.24. The summed E-state index contributed by atoms with van der Waals surface area (Å²) in [6.45, 7) is 3.60. The molecule has 0 atom stereocenters. The lowest BCUT2D eigenvalue weighted by molar-refractivity contribution is 0.0948. The minimum Gasteiger partial charge on any atom is -0.361 e. The molecule has 1 amide bonds. The number of hydrogen-bond donors (Lipinski definition) is 2. The monoisotopic (exact) mass is 222 g/mol. The Balaban J connectivity index is 2.04. The van der Waals surface area contributed by atoms with Crippen molar-refractivity contribution in [1.82, 2.24) is 31.1 Å². The van der Waals surface area contributed by atoms with Gasteiger partial charge >= 0.3 is 0 Å². The van der Waals surface area contributed by atoms with E-state index in [0.29, 0.717) is 22.8 Å². The average Bonchev–Trinajstić information content (AvgIpc) is 2.86. The van der Waals surface area contributed by atoms with E-state index in [4.69, 9.17) is 4.52 Å². The molecule has 0 bridgehead atoms. The zero-order valence-corrected chi connectivity index (χ0v) is 8.81. The molecule has 2 heterocycles. The Morgan fingerprint density at radius 2 is 2.31 bits per heavy atom. The van der Waals surface area contributed by atoms with Crippen LogP contribution in [-0.2, 0) is 6.54 Å². The van der Waals surface area contributed by atoms with Crippen molar-refractivity contribution < 1.29 is 9.32 Å². The highest BCUT2D eigenvalue weighted by Crippen LogP contribution is 2.11. The highest BCUT2D eigenvalue weighted by molar-refractivity contribution is 5.95. The summed E-state index contributed by atoms with van der Waals surface area (Å²) in [6.07, 6.45) is 0. The summed E-state index contributed by atoms with van der Waals surface area (Å²) in [5.41, 5.74) is 1.01. The highest BCUT2D eigenvalue weighted by atomic mass is 16.5. The van der Waals surface area contributed by atoms with Gasteiger partial charge in [-0.05, 0) is 13.8 Å². The standard InChI is InChI=1S/C8H10N6O2/c1-4-7(5(2)16-12-4)8(15)9-3-6-10-13-14-11-6/h3H2,1-2H3,(H,9,15)(H,10,11,13,14). The number of carbonyl (C=O) groups excluding carboxylic acids is 1. The summed E-state index contributed by atoms with van der Waals surface area (Å²) in [7, 11) is 0. The zero-order valence-electron chi connectivity index (χ0n) is 8.81. The van der Waals surface area contributed by atoms with Crippen molar-refractivity contribution in [3.8, 4) is 0 Å². The van der Waals surface area contributed by atoms with Gasteiger partial charge in [-0.15, -0.1) is 10.2 Å². The van der Waals surface area contributed by atoms with Gasteiger partial charge in [0.1, 0.15) is 11.3 Å². The summed E-state index contributed by atoms with van der Waals surface area (Å²) < 4.78 is 4.89. The van der Waals surface area contributed by atoms with Crippen LogP contribution < -0.4 is 5.32 Å². The number of tetrazole rings is 1. The number of nitrogens with zero attached hydrogens (tertiary/aromatic N) is 4. The Labute approximate surface area is 90.4 Å². The number of rotatable bonds is 3. The maximum Gasteiger partial charge on any atom is 0.257 e. The van der Waals surface area contributed by atoms with Crippen LogP contribution in [0.25, 0.3) is 0 Å². The number of aromatic amines is 1. The minimum absolute atomic E-state index is 0.208. The molecule has 0 saturated heterocycles. The first kappa shape index (κ1) is 10.3. The van der Waals surface area contributed by atoms with Gasteiger partial charge in [-0.1, -0.05) is 10.4 Å². The number of amides is 1. The molecule has 0 aliphatic carbocycles.